The van der Waals surface area contributed by atoms with E-state index in [1.165, 1.54) is 18.6 Å². The van der Waals surface area contributed by atoms with Crippen molar-refractivity contribution < 1.29 is 4.79 Å². The summed E-state index contributed by atoms with van der Waals surface area (Å²) in [6.45, 7) is 2.64. The van der Waals surface area contributed by atoms with Crippen molar-refractivity contribution in [2.75, 3.05) is 17.2 Å². The van der Waals surface area contributed by atoms with Gasteiger partial charge in [0.25, 0.3) is 5.91 Å². The lowest BCUT2D eigenvalue weighted by molar-refractivity contribution is 0.102. The number of hydrogen-bond acceptors (Lipinski definition) is 6. The number of rotatable bonds is 4. The maximum Gasteiger partial charge on any atom is 0.277 e. The summed E-state index contributed by atoms with van der Waals surface area (Å²) in [5, 5.41) is 5.58. The van der Waals surface area contributed by atoms with Crippen LogP contribution in [-0.4, -0.2) is 32.4 Å². The predicted octanol–water partition coefficient (Wildman–Crippen LogP) is 1.71. The maximum atomic E-state index is 11.9. The highest BCUT2D eigenvalue weighted by Crippen LogP contribution is 2.08. The van der Waals surface area contributed by atoms with Gasteiger partial charge in [-0.3, -0.25) is 9.78 Å². The molecule has 0 unspecified atom stereocenters. The molecule has 0 aliphatic rings. The van der Waals surface area contributed by atoms with Gasteiger partial charge in [-0.2, -0.15) is 0 Å². The van der Waals surface area contributed by atoms with E-state index in [1.54, 1.807) is 6.20 Å². The molecule has 7 nitrogen and oxygen atoms in total. The third-order valence-electron chi connectivity index (χ3n) is 2.09. The minimum Gasteiger partial charge on any atom is -0.369 e. The van der Waals surface area contributed by atoms with Gasteiger partial charge in [-0.15, -0.1) is 0 Å². The van der Waals surface area contributed by atoms with Crippen molar-refractivity contribution in [3.8, 4) is 0 Å². The normalized spacial score (nSPS) is 10.0. The van der Waals surface area contributed by atoms with E-state index < -0.39 is 0 Å². The number of carbonyl (C=O) groups is 1. The minimum atomic E-state index is -0.385. The van der Waals surface area contributed by atoms with E-state index in [2.05, 4.69) is 46.5 Å². The Balaban J connectivity index is 2.11. The highest BCUT2D eigenvalue weighted by Gasteiger charge is 2.10. The topological polar surface area (TPSA) is 92.7 Å². The molecule has 0 aromatic carbocycles. The minimum absolute atomic E-state index is 0.211. The molecule has 0 radical (unpaired) electrons. The first kappa shape index (κ1) is 13.3. The van der Waals surface area contributed by atoms with E-state index in [4.69, 9.17) is 0 Å². The monoisotopic (exact) mass is 322 g/mol. The summed E-state index contributed by atoms with van der Waals surface area (Å²) in [6.07, 6.45) is 5.89. The molecular weight excluding hydrogens is 312 g/mol. The van der Waals surface area contributed by atoms with Gasteiger partial charge in [0.2, 0.25) is 0 Å². The smallest absolute Gasteiger partial charge is 0.277 e. The molecule has 1 amide bonds. The maximum absolute atomic E-state index is 11.9. The van der Waals surface area contributed by atoms with E-state index >= 15 is 0 Å². The molecule has 2 aromatic rings. The first-order valence-corrected chi connectivity index (χ1v) is 6.33. The van der Waals surface area contributed by atoms with Crippen LogP contribution in [0.1, 0.15) is 17.4 Å². The van der Waals surface area contributed by atoms with Gasteiger partial charge in [-0.1, -0.05) is 0 Å². The SMILES string of the molecule is CCNc1cncc(C(=O)Nc2cnc(Br)cn2)n1. The molecule has 0 atom stereocenters. The Morgan fingerprint density at radius 3 is 2.74 bits per heavy atom. The van der Waals surface area contributed by atoms with Gasteiger partial charge in [0.05, 0.1) is 24.8 Å². The van der Waals surface area contributed by atoms with Crippen molar-refractivity contribution >= 4 is 33.5 Å². The fourth-order valence-corrected chi connectivity index (χ4v) is 1.50. The first-order valence-electron chi connectivity index (χ1n) is 5.54. The summed E-state index contributed by atoms with van der Waals surface area (Å²) in [4.78, 5) is 28.0. The van der Waals surface area contributed by atoms with Crippen LogP contribution in [0.3, 0.4) is 0 Å². The second kappa shape index (κ2) is 6.19. The molecule has 0 saturated carbocycles. The summed E-state index contributed by atoms with van der Waals surface area (Å²) in [7, 11) is 0. The molecule has 2 heterocycles. The van der Waals surface area contributed by atoms with Crippen molar-refractivity contribution in [3.63, 3.8) is 0 Å². The number of nitrogens with zero attached hydrogens (tertiary/aromatic N) is 4. The van der Waals surface area contributed by atoms with Crippen molar-refractivity contribution in [3.05, 3.63) is 35.1 Å². The summed E-state index contributed by atoms with van der Waals surface area (Å²) in [5.41, 5.74) is 0.211. The molecule has 2 N–H and O–H groups in total. The third kappa shape index (κ3) is 3.68. The fraction of sp³-hybridized carbons (Fsp3) is 0.182. The molecule has 0 aliphatic heterocycles. The zero-order valence-electron chi connectivity index (χ0n) is 10.1. The molecule has 98 valence electrons. The highest BCUT2D eigenvalue weighted by atomic mass is 79.9. The van der Waals surface area contributed by atoms with Gasteiger partial charge in [-0.25, -0.2) is 15.0 Å². The summed E-state index contributed by atoms with van der Waals surface area (Å²) in [5.74, 6) is 0.518. The average Bonchev–Trinajstić information content (AvgIpc) is 2.42. The van der Waals surface area contributed by atoms with Crippen LogP contribution in [0.5, 0.6) is 0 Å². The fourth-order valence-electron chi connectivity index (χ4n) is 1.30. The average molecular weight is 323 g/mol. The number of hydrogen-bond donors (Lipinski definition) is 2. The Morgan fingerprint density at radius 2 is 2.05 bits per heavy atom. The number of anilines is 2. The molecule has 19 heavy (non-hydrogen) atoms. The molecule has 8 heteroatoms. The van der Waals surface area contributed by atoms with Gasteiger partial charge >= 0.3 is 0 Å². The van der Waals surface area contributed by atoms with E-state index in [0.29, 0.717) is 22.8 Å². The van der Waals surface area contributed by atoms with E-state index in [-0.39, 0.29) is 11.6 Å². The Kier molecular flexibility index (Phi) is 4.35. The van der Waals surface area contributed by atoms with Crippen molar-refractivity contribution in [2.24, 2.45) is 0 Å². The number of halogens is 1. The molecule has 0 spiro atoms. The molecule has 0 aliphatic carbocycles. The number of nitrogens with one attached hydrogen (secondary N) is 2. The van der Waals surface area contributed by atoms with Crippen LogP contribution in [0.4, 0.5) is 11.6 Å². The Hall–Kier alpha value is -2.09. The molecule has 2 rings (SSSR count). The lowest BCUT2D eigenvalue weighted by atomic mass is 10.4. The number of carbonyl (C=O) groups excluding carboxylic acids is 1. The van der Waals surface area contributed by atoms with Crippen LogP contribution >= 0.6 is 15.9 Å². The molecule has 0 bridgehead atoms. The molecular formula is C11H11BrN6O. The van der Waals surface area contributed by atoms with Crippen molar-refractivity contribution in [1.82, 2.24) is 19.9 Å². The van der Waals surface area contributed by atoms with Crippen molar-refractivity contribution in [2.45, 2.75) is 6.92 Å². The molecule has 2 aromatic heterocycles. The Morgan fingerprint density at radius 1 is 1.21 bits per heavy atom. The Labute approximate surface area is 118 Å². The van der Waals surface area contributed by atoms with Crippen LogP contribution in [-0.2, 0) is 0 Å². The number of amides is 1. The van der Waals surface area contributed by atoms with E-state index in [0.717, 1.165) is 0 Å². The van der Waals surface area contributed by atoms with Crippen LogP contribution < -0.4 is 10.6 Å². The summed E-state index contributed by atoms with van der Waals surface area (Å²) >= 11 is 3.17. The second-order valence-electron chi connectivity index (χ2n) is 3.50. The standard InChI is InChI=1S/C11H11BrN6O/c1-2-14-9-5-13-3-7(17-9)11(19)18-10-6-15-8(12)4-16-10/h3-6H,2H2,1H3,(H,14,17)(H,16,18,19). The van der Waals surface area contributed by atoms with Crippen LogP contribution in [0, 0.1) is 0 Å². The largest absolute Gasteiger partial charge is 0.369 e. The van der Waals surface area contributed by atoms with Crippen LogP contribution in [0.15, 0.2) is 29.4 Å². The van der Waals surface area contributed by atoms with E-state index in [1.807, 2.05) is 6.92 Å². The zero-order chi connectivity index (χ0) is 13.7. The number of aromatic nitrogens is 4. The first-order chi connectivity index (χ1) is 9.19. The quantitative estimate of drug-likeness (QED) is 0.890. The van der Waals surface area contributed by atoms with Gasteiger partial charge in [0, 0.05) is 6.54 Å². The summed E-state index contributed by atoms with van der Waals surface area (Å²) in [6, 6.07) is 0. The zero-order valence-corrected chi connectivity index (χ0v) is 11.7. The second-order valence-corrected chi connectivity index (χ2v) is 4.31. The third-order valence-corrected chi connectivity index (χ3v) is 2.50. The van der Waals surface area contributed by atoms with E-state index in [9.17, 15) is 4.79 Å². The highest BCUT2D eigenvalue weighted by molar-refractivity contribution is 9.10. The van der Waals surface area contributed by atoms with Crippen LogP contribution in [0.25, 0.3) is 0 Å². The van der Waals surface area contributed by atoms with Gasteiger partial charge in [0.15, 0.2) is 5.82 Å². The van der Waals surface area contributed by atoms with Gasteiger partial charge < -0.3 is 10.6 Å². The molecule has 0 fully saturated rings. The Bertz CT molecular complexity index is 574. The lowest BCUT2D eigenvalue weighted by Crippen LogP contribution is -2.16. The van der Waals surface area contributed by atoms with Gasteiger partial charge in [0.1, 0.15) is 16.1 Å². The van der Waals surface area contributed by atoms with Gasteiger partial charge in [-0.05, 0) is 22.9 Å². The van der Waals surface area contributed by atoms with Crippen LogP contribution in [0.2, 0.25) is 0 Å². The summed E-state index contributed by atoms with van der Waals surface area (Å²) < 4.78 is 0.597. The predicted molar refractivity (Wildman–Crippen MR) is 73.9 cm³/mol. The lowest BCUT2D eigenvalue weighted by Gasteiger charge is -2.05. The van der Waals surface area contributed by atoms with Crippen molar-refractivity contribution in [1.29, 1.82) is 0 Å². The molecule has 0 saturated heterocycles.